The summed E-state index contributed by atoms with van der Waals surface area (Å²) in [4.78, 5) is 12.3. The third-order valence-electron chi connectivity index (χ3n) is 4.41. The molecule has 6 nitrogen and oxygen atoms in total. The fourth-order valence-corrected chi connectivity index (χ4v) is 4.08. The molecule has 0 aliphatic heterocycles. The number of hydrogen-bond donors (Lipinski definition) is 2. The maximum atomic E-state index is 12.5. The molecule has 0 spiro atoms. The Morgan fingerprint density at radius 1 is 1.04 bits per heavy atom. The van der Waals surface area contributed by atoms with Crippen LogP contribution in [0.15, 0.2) is 53.4 Å². The third-order valence-corrected chi connectivity index (χ3v) is 5.79. The van der Waals surface area contributed by atoms with Gasteiger partial charge in [0.1, 0.15) is 6.07 Å². The summed E-state index contributed by atoms with van der Waals surface area (Å²) in [7, 11) is -3.84. The van der Waals surface area contributed by atoms with Crippen molar-refractivity contribution < 1.29 is 13.2 Å². The molecule has 0 radical (unpaired) electrons. The second kappa shape index (κ2) is 7.58. The first-order valence-corrected chi connectivity index (χ1v) is 9.91. The van der Waals surface area contributed by atoms with Crippen molar-refractivity contribution in [2.24, 2.45) is 0 Å². The van der Waals surface area contributed by atoms with Gasteiger partial charge in [-0.1, -0.05) is 25.0 Å². The predicted octanol–water partition coefficient (Wildman–Crippen LogP) is 3.03. The first kappa shape index (κ1) is 18.0. The number of rotatable bonds is 5. The van der Waals surface area contributed by atoms with E-state index >= 15 is 0 Å². The normalized spacial score (nSPS) is 14.6. The Balaban J connectivity index is 1.74. The van der Waals surface area contributed by atoms with E-state index in [1.165, 1.54) is 36.4 Å². The van der Waals surface area contributed by atoms with Crippen molar-refractivity contribution in [1.29, 1.82) is 5.26 Å². The Labute approximate surface area is 152 Å². The zero-order valence-electron chi connectivity index (χ0n) is 14.1. The van der Waals surface area contributed by atoms with Gasteiger partial charge in [0.2, 0.25) is 0 Å². The van der Waals surface area contributed by atoms with Gasteiger partial charge in [-0.3, -0.25) is 9.52 Å². The van der Waals surface area contributed by atoms with E-state index in [9.17, 15) is 13.2 Å². The highest BCUT2D eigenvalue weighted by Crippen LogP contribution is 2.21. The van der Waals surface area contributed by atoms with Crippen molar-refractivity contribution in [2.45, 2.75) is 36.6 Å². The molecule has 0 heterocycles. The molecular weight excluding hydrogens is 350 g/mol. The second-order valence-corrected chi connectivity index (χ2v) is 7.92. The smallest absolute Gasteiger partial charge is 0.261 e. The zero-order valence-corrected chi connectivity index (χ0v) is 14.9. The molecule has 1 saturated carbocycles. The van der Waals surface area contributed by atoms with Crippen molar-refractivity contribution in [2.75, 3.05) is 4.72 Å². The number of amides is 1. The standard InChI is InChI=1S/C19H19N3O3S/c20-13-15-5-1-4-8-18(15)22-26(24,25)17-11-9-14(10-12-17)19(23)21-16-6-2-3-7-16/h1,4-5,8-12,16,22H,2-3,6-7H2,(H,21,23). The molecule has 0 aromatic heterocycles. The van der Waals surface area contributed by atoms with E-state index in [-0.39, 0.29) is 28.1 Å². The Kier molecular flexibility index (Phi) is 5.24. The quantitative estimate of drug-likeness (QED) is 0.846. The lowest BCUT2D eigenvalue weighted by molar-refractivity contribution is 0.0938. The molecule has 0 bridgehead atoms. The highest BCUT2D eigenvalue weighted by molar-refractivity contribution is 7.92. The number of nitriles is 1. The molecule has 3 rings (SSSR count). The molecule has 26 heavy (non-hydrogen) atoms. The SMILES string of the molecule is N#Cc1ccccc1NS(=O)(=O)c1ccc(C(=O)NC2CCCC2)cc1. The molecule has 1 fully saturated rings. The number of carbonyl (C=O) groups is 1. The van der Waals surface area contributed by atoms with Gasteiger partial charge in [0.05, 0.1) is 16.1 Å². The van der Waals surface area contributed by atoms with Crippen molar-refractivity contribution in [3.05, 3.63) is 59.7 Å². The maximum absolute atomic E-state index is 12.5. The van der Waals surface area contributed by atoms with E-state index in [1.807, 2.05) is 6.07 Å². The fraction of sp³-hybridized carbons (Fsp3) is 0.263. The average Bonchev–Trinajstić information content (AvgIpc) is 3.15. The van der Waals surface area contributed by atoms with Crippen molar-refractivity contribution in [1.82, 2.24) is 5.32 Å². The molecule has 0 atom stereocenters. The number of sulfonamides is 1. The second-order valence-electron chi connectivity index (χ2n) is 6.24. The van der Waals surface area contributed by atoms with Crippen LogP contribution in [-0.4, -0.2) is 20.4 Å². The Hall–Kier alpha value is -2.85. The third kappa shape index (κ3) is 4.03. The molecule has 0 unspecified atom stereocenters. The Bertz CT molecular complexity index is 941. The van der Waals surface area contributed by atoms with Crippen LogP contribution in [0.2, 0.25) is 0 Å². The van der Waals surface area contributed by atoms with Crippen LogP contribution < -0.4 is 10.0 Å². The molecule has 1 amide bonds. The van der Waals surface area contributed by atoms with Crippen molar-refractivity contribution >= 4 is 21.6 Å². The highest BCUT2D eigenvalue weighted by Gasteiger charge is 2.19. The number of para-hydroxylation sites is 1. The van der Waals surface area contributed by atoms with E-state index in [1.54, 1.807) is 12.1 Å². The van der Waals surface area contributed by atoms with Gasteiger partial charge in [-0.2, -0.15) is 5.26 Å². The van der Waals surface area contributed by atoms with E-state index in [0.29, 0.717) is 5.56 Å². The first-order chi connectivity index (χ1) is 12.5. The number of anilines is 1. The van der Waals surface area contributed by atoms with Gasteiger partial charge in [-0.05, 0) is 49.2 Å². The minimum atomic E-state index is -3.84. The van der Waals surface area contributed by atoms with Gasteiger partial charge >= 0.3 is 0 Å². The molecule has 2 aromatic rings. The molecule has 2 N–H and O–H groups in total. The molecule has 7 heteroatoms. The number of nitrogens with zero attached hydrogens (tertiary/aromatic N) is 1. The number of benzene rings is 2. The van der Waals surface area contributed by atoms with Crippen LogP contribution in [0.5, 0.6) is 0 Å². The Morgan fingerprint density at radius 3 is 2.35 bits per heavy atom. The van der Waals surface area contributed by atoms with Crippen LogP contribution in [-0.2, 0) is 10.0 Å². The fourth-order valence-electron chi connectivity index (χ4n) is 3.00. The van der Waals surface area contributed by atoms with Gasteiger partial charge in [0.15, 0.2) is 0 Å². The summed E-state index contributed by atoms with van der Waals surface area (Å²) in [6, 6.07) is 14.3. The predicted molar refractivity (Wildman–Crippen MR) is 98.1 cm³/mol. The molecule has 1 aliphatic rings. The topological polar surface area (TPSA) is 99.1 Å². The summed E-state index contributed by atoms with van der Waals surface area (Å²) < 4.78 is 27.4. The van der Waals surface area contributed by atoms with Crippen LogP contribution in [0.3, 0.4) is 0 Å². The number of nitrogens with one attached hydrogen (secondary N) is 2. The Morgan fingerprint density at radius 2 is 1.69 bits per heavy atom. The van der Waals surface area contributed by atoms with Crippen LogP contribution in [0.4, 0.5) is 5.69 Å². The van der Waals surface area contributed by atoms with E-state index in [0.717, 1.165) is 25.7 Å². The molecule has 134 valence electrons. The number of hydrogen-bond acceptors (Lipinski definition) is 4. The van der Waals surface area contributed by atoms with Gasteiger partial charge in [-0.25, -0.2) is 8.42 Å². The highest BCUT2D eigenvalue weighted by atomic mass is 32.2. The van der Waals surface area contributed by atoms with Crippen molar-refractivity contribution in [3.8, 4) is 6.07 Å². The van der Waals surface area contributed by atoms with Gasteiger partial charge in [0.25, 0.3) is 15.9 Å². The molecule has 2 aromatic carbocycles. The summed E-state index contributed by atoms with van der Waals surface area (Å²) in [5.41, 5.74) is 0.884. The maximum Gasteiger partial charge on any atom is 0.261 e. The van der Waals surface area contributed by atoms with E-state index in [2.05, 4.69) is 10.0 Å². The largest absolute Gasteiger partial charge is 0.349 e. The average molecular weight is 369 g/mol. The lowest BCUT2D eigenvalue weighted by Crippen LogP contribution is -2.32. The lowest BCUT2D eigenvalue weighted by atomic mass is 10.2. The zero-order chi connectivity index (χ0) is 18.6. The lowest BCUT2D eigenvalue weighted by Gasteiger charge is -2.12. The summed E-state index contributed by atoms with van der Waals surface area (Å²) in [5, 5.41) is 12.0. The van der Waals surface area contributed by atoms with Gasteiger partial charge < -0.3 is 5.32 Å². The first-order valence-electron chi connectivity index (χ1n) is 8.42. The van der Waals surface area contributed by atoms with Gasteiger partial charge in [0, 0.05) is 11.6 Å². The minimum absolute atomic E-state index is 0.0302. The summed E-state index contributed by atoms with van der Waals surface area (Å²) in [5.74, 6) is -0.191. The summed E-state index contributed by atoms with van der Waals surface area (Å²) >= 11 is 0. The molecule has 1 aliphatic carbocycles. The summed E-state index contributed by atoms with van der Waals surface area (Å²) in [6.45, 7) is 0. The molecule has 0 saturated heterocycles. The van der Waals surface area contributed by atoms with Crippen LogP contribution in [0.25, 0.3) is 0 Å². The minimum Gasteiger partial charge on any atom is -0.349 e. The van der Waals surface area contributed by atoms with E-state index < -0.39 is 10.0 Å². The monoisotopic (exact) mass is 369 g/mol. The van der Waals surface area contributed by atoms with Gasteiger partial charge in [-0.15, -0.1) is 0 Å². The van der Waals surface area contributed by atoms with Crippen LogP contribution in [0.1, 0.15) is 41.6 Å². The molecular formula is C19H19N3O3S. The number of carbonyl (C=O) groups excluding carboxylic acids is 1. The summed E-state index contributed by atoms with van der Waals surface area (Å²) in [6.07, 6.45) is 4.22. The van der Waals surface area contributed by atoms with Crippen LogP contribution >= 0.6 is 0 Å². The van der Waals surface area contributed by atoms with E-state index in [4.69, 9.17) is 5.26 Å². The van der Waals surface area contributed by atoms with Crippen molar-refractivity contribution in [3.63, 3.8) is 0 Å². The van der Waals surface area contributed by atoms with Crippen LogP contribution in [0, 0.1) is 11.3 Å².